The van der Waals surface area contributed by atoms with Crippen molar-refractivity contribution in [3.05, 3.63) is 59.7 Å². The predicted octanol–water partition coefficient (Wildman–Crippen LogP) is 4.12. The van der Waals surface area contributed by atoms with E-state index in [0.717, 1.165) is 29.9 Å². The Morgan fingerprint density at radius 1 is 1.15 bits per heavy atom. The van der Waals surface area contributed by atoms with Crippen LogP contribution in [0.25, 0.3) is 0 Å². The molecular weight excluding hydrogens is 377 g/mol. The molecule has 4 nitrogen and oxygen atoms in total. The number of carbonyl (C=O) groups excluding carboxylic acids is 1. The van der Waals surface area contributed by atoms with Gasteiger partial charge in [-0.05, 0) is 54.1 Å². The molecule has 0 bridgehead atoms. The number of ether oxygens (including phenoxy) is 1. The molecule has 2 aromatic rings. The van der Waals surface area contributed by atoms with Gasteiger partial charge in [-0.2, -0.15) is 13.2 Å². The molecule has 0 unspecified atom stereocenters. The molecule has 1 aliphatic rings. The number of benzene rings is 2. The van der Waals surface area contributed by atoms with Gasteiger partial charge in [0.25, 0.3) is 0 Å². The summed E-state index contributed by atoms with van der Waals surface area (Å²) in [5.74, 6) is 1.45. The molecule has 27 heavy (non-hydrogen) atoms. The molecule has 0 aromatic heterocycles. The summed E-state index contributed by atoms with van der Waals surface area (Å²) >= 11 is 1.54. The highest BCUT2D eigenvalue weighted by Crippen LogP contribution is 2.35. The van der Waals surface area contributed by atoms with E-state index in [2.05, 4.69) is 5.32 Å². The van der Waals surface area contributed by atoms with Gasteiger partial charge in [0.1, 0.15) is 16.7 Å². The van der Waals surface area contributed by atoms with Gasteiger partial charge >= 0.3 is 6.18 Å². The zero-order valence-electron chi connectivity index (χ0n) is 14.3. The van der Waals surface area contributed by atoms with Crippen LogP contribution < -0.4 is 15.8 Å². The largest absolute Gasteiger partial charge is 0.457 e. The fraction of sp³-hybridized carbons (Fsp3) is 0.316. The molecule has 1 heterocycles. The normalized spacial score (nSPS) is 20.7. The number of alkyl halides is 3. The van der Waals surface area contributed by atoms with Gasteiger partial charge in [-0.25, -0.2) is 0 Å². The van der Waals surface area contributed by atoms with Crippen LogP contribution in [0.1, 0.15) is 22.8 Å². The summed E-state index contributed by atoms with van der Waals surface area (Å²) in [6, 6.07) is 11.5. The third kappa shape index (κ3) is 4.95. The highest BCUT2D eigenvalue weighted by atomic mass is 32.2. The van der Waals surface area contributed by atoms with E-state index < -0.39 is 11.7 Å². The quantitative estimate of drug-likeness (QED) is 0.816. The average molecular weight is 396 g/mol. The van der Waals surface area contributed by atoms with Crippen LogP contribution in [0.3, 0.4) is 0 Å². The number of nitrogens with one attached hydrogen (secondary N) is 1. The molecule has 0 radical (unpaired) electrons. The van der Waals surface area contributed by atoms with E-state index in [1.54, 1.807) is 18.2 Å². The van der Waals surface area contributed by atoms with Gasteiger partial charge in [0, 0.05) is 12.6 Å². The maximum atomic E-state index is 12.6. The molecule has 1 saturated heterocycles. The van der Waals surface area contributed by atoms with Gasteiger partial charge in [-0.3, -0.25) is 4.79 Å². The van der Waals surface area contributed by atoms with E-state index in [9.17, 15) is 18.0 Å². The number of thioether (sulfide) groups is 1. The minimum Gasteiger partial charge on any atom is -0.457 e. The predicted molar refractivity (Wildman–Crippen MR) is 98.8 cm³/mol. The zero-order valence-corrected chi connectivity index (χ0v) is 15.1. The Bertz CT molecular complexity index is 796. The summed E-state index contributed by atoms with van der Waals surface area (Å²) in [4.78, 5) is 12.5. The van der Waals surface area contributed by atoms with Crippen molar-refractivity contribution in [1.82, 2.24) is 5.32 Å². The molecule has 0 spiro atoms. The molecule has 2 atom stereocenters. The summed E-state index contributed by atoms with van der Waals surface area (Å²) < 4.78 is 43.6. The van der Waals surface area contributed by atoms with Crippen molar-refractivity contribution >= 4 is 17.7 Å². The average Bonchev–Trinajstić information content (AvgIpc) is 2.83. The standard InChI is InChI=1S/C19H19F3N2O2S/c20-19(21,22)13-4-6-15(7-5-13)26-16-3-1-2-12(10-16)17-18(25)24-14(11-23)8-9-27-17/h1-7,10,14,17H,8-9,11,23H2,(H,24,25)/t14-,17+/m0/s1. The van der Waals surface area contributed by atoms with E-state index in [1.807, 2.05) is 6.07 Å². The van der Waals surface area contributed by atoms with Crippen molar-refractivity contribution in [3.63, 3.8) is 0 Å². The number of hydrogen-bond donors (Lipinski definition) is 2. The number of rotatable bonds is 4. The lowest BCUT2D eigenvalue weighted by atomic mass is 10.1. The first-order valence-corrected chi connectivity index (χ1v) is 9.49. The third-order valence-corrected chi connectivity index (χ3v) is 5.49. The summed E-state index contributed by atoms with van der Waals surface area (Å²) in [6.07, 6.45) is -3.57. The first kappa shape index (κ1) is 19.6. The molecule has 2 aromatic carbocycles. The van der Waals surface area contributed by atoms with Gasteiger partial charge in [0.2, 0.25) is 5.91 Å². The van der Waals surface area contributed by atoms with Crippen LogP contribution in [-0.2, 0) is 11.0 Å². The molecule has 1 aliphatic heterocycles. The van der Waals surface area contributed by atoms with Crippen molar-refractivity contribution in [2.75, 3.05) is 12.3 Å². The van der Waals surface area contributed by atoms with Crippen molar-refractivity contribution in [1.29, 1.82) is 0 Å². The van der Waals surface area contributed by atoms with Crippen LogP contribution in [0.15, 0.2) is 48.5 Å². The first-order valence-electron chi connectivity index (χ1n) is 8.44. The van der Waals surface area contributed by atoms with E-state index >= 15 is 0 Å². The molecule has 0 aliphatic carbocycles. The van der Waals surface area contributed by atoms with Gasteiger partial charge in [0.05, 0.1) is 5.56 Å². The summed E-state index contributed by atoms with van der Waals surface area (Å²) in [7, 11) is 0. The Hall–Kier alpha value is -2.19. The summed E-state index contributed by atoms with van der Waals surface area (Å²) in [6.45, 7) is 0.399. The fourth-order valence-electron chi connectivity index (χ4n) is 2.77. The lowest BCUT2D eigenvalue weighted by molar-refractivity contribution is -0.137. The minimum atomic E-state index is -4.39. The van der Waals surface area contributed by atoms with Crippen LogP contribution in [0.4, 0.5) is 13.2 Å². The maximum absolute atomic E-state index is 12.6. The molecule has 144 valence electrons. The number of carbonyl (C=O) groups is 1. The monoisotopic (exact) mass is 396 g/mol. The number of halogens is 3. The van der Waals surface area contributed by atoms with Gasteiger partial charge < -0.3 is 15.8 Å². The minimum absolute atomic E-state index is 0.0263. The zero-order chi connectivity index (χ0) is 19.4. The Balaban J connectivity index is 1.74. The Labute approximate surface area is 159 Å². The maximum Gasteiger partial charge on any atom is 0.416 e. The summed E-state index contributed by atoms with van der Waals surface area (Å²) in [5, 5.41) is 2.56. The van der Waals surface area contributed by atoms with Crippen molar-refractivity contribution in [2.45, 2.75) is 23.9 Å². The van der Waals surface area contributed by atoms with Crippen molar-refractivity contribution in [3.8, 4) is 11.5 Å². The summed E-state index contributed by atoms with van der Waals surface area (Å²) in [5.41, 5.74) is 5.70. The molecular formula is C19H19F3N2O2S. The van der Waals surface area contributed by atoms with E-state index in [0.29, 0.717) is 18.0 Å². The van der Waals surface area contributed by atoms with Gasteiger partial charge in [-0.15, -0.1) is 11.8 Å². The number of nitrogens with two attached hydrogens (primary N) is 1. The highest BCUT2D eigenvalue weighted by molar-refractivity contribution is 8.00. The van der Waals surface area contributed by atoms with E-state index in [1.165, 1.54) is 23.9 Å². The van der Waals surface area contributed by atoms with Crippen LogP contribution in [0, 0.1) is 0 Å². The van der Waals surface area contributed by atoms with E-state index in [4.69, 9.17) is 10.5 Å². The van der Waals surface area contributed by atoms with Crippen molar-refractivity contribution < 1.29 is 22.7 Å². The molecule has 8 heteroatoms. The second-order valence-electron chi connectivity index (χ2n) is 6.18. The topological polar surface area (TPSA) is 64.3 Å². The highest BCUT2D eigenvalue weighted by Gasteiger charge is 2.30. The Morgan fingerprint density at radius 2 is 1.89 bits per heavy atom. The second kappa shape index (κ2) is 8.22. The van der Waals surface area contributed by atoms with Gasteiger partial charge in [0.15, 0.2) is 0 Å². The van der Waals surface area contributed by atoms with Crippen LogP contribution >= 0.6 is 11.8 Å². The van der Waals surface area contributed by atoms with Gasteiger partial charge in [-0.1, -0.05) is 12.1 Å². The lowest BCUT2D eigenvalue weighted by Gasteiger charge is -2.16. The smallest absolute Gasteiger partial charge is 0.416 e. The fourth-order valence-corrected chi connectivity index (χ4v) is 3.98. The number of amides is 1. The third-order valence-electron chi connectivity index (χ3n) is 4.20. The van der Waals surface area contributed by atoms with Crippen molar-refractivity contribution in [2.24, 2.45) is 5.73 Å². The first-order chi connectivity index (χ1) is 12.9. The van der Waals surface area contributed by atoms with Crippen LogP contribution in [-0.4, -0.2) is 24.2 Å². The van der Waals surface area contributed by atoms with E-state index in [-0.39, 0.29) is 17.2 Å². The van der Waals surface area contributed by atoms with Crippen LogP contribution in [0.5, 0.6) is 11.5 Å². The SMILES string of the molecule is NC[C@@H]1CCS[C@H](c2cccc(Oc3ccc(C(F)(F)F)cc3)c2)C(=O)N1. The second-order valence-corrected chi connectivity index (χ2v) is 7.39. The molecule has 3 rings (SSSR count). The molecule has 1 fully saturated rings. The molecule has 1 amide bonds. The Kier molecular flexibility index (Phi) is 5.96. The molecule has 3 N–H and O–H groups in total. The lowest BCUT2D eigenvalue weighted by Crippen LogP contribution is -2.40. The van der Waals surface area contributed by atoms with Crippen LogP contribution in [0.2, 0.25) is 0 Å². The molecule has 0 saturated carbocycles. The Morgan fingerprint density at radius 3 is 2.56 bits per heavy atom. The number of hydrogen-bond acceptors (Lipinski definition) is 4.